The lowest BCUT2D eigenvalue weighted by Crippen LogP contribution is -2.25. The molecule has 0 saturated carbocycles. The van der Waals surface area contributed by atoms with Crippen molar-refractivity contribution in [2.75, 3.05) is 4.90 Å². The molecule has 0 aromatic heterocycles. The van der Waals surface area contributed by atoms with Gasteiger partial charge in [-0.15, -0.1) is 0 Å². The van der Waals surface area contributed by atoms with Crippen LogP contribution in [0.2, 0.25) is 0 Å². The Hall–Kier alpha value is -8.52. The van der Waals surface area contributed by atoms with Crippen LogP contribution >= 0.6 is 0 Å². The number of rotatable bonds is 29. The topological polar surface area (TPSA) is 3.24 Å². The molecule has 0 amide bonds. The monoisotopic (exact) mass is 1260 g/mol. The van der Waals surface area contributed by atoms with Gasteiger partial charge in [-0.25, -0.2) is 0 Å². The Kier molecular flexibility index (Phi) is 19.3. The Bertz CT molecular complexity index is 4610. The normalized spacial score (nSPS) is 13.7. The lowest BCUT2D eigenvalue weighted by molar-refractivity contribution is 0.401. The predicted molar refractivity (Wildman–Crippen MR) is 417 cm³/mol. The number of fused-ring (bicyclic) bond motifs is 6. The number of unbranched alkanes of at least 4 members (excludes halogenated alkanes) is 12. The van der Waals surface area contributed by atoms with E-state index in [0.29, 0.717) is 5.92 Å². The Labute approximate surface area is 575 Å². The Balaban J connectivity index is 0.843. The van der Waals surface area contributed by atoms with E-state index >= 15 is 0 Å². The second-order valence-corrected chi connectivity index (χ2v) is 29.1. The molecule has 12 aromatic rings. The van der Waals surface area contributed by atoms with Crippen molar-refractivity contribution in [3.8, 4) is 66.8 Å². The van der Waals surface area contributed by atoms with Crippen molar-refractivity contribution in [3.63, 3.8) is 0 Å². The van der Waals surface area contributed by atoms with E-state index in [2.05, 4.69) is 278 Å². The number of nitrogens with zero attached hydrogens (tertiary/aromatic N) is 1. The SMILES string of the molecule is CCCCCCC1(CCCCCC)c2cc(C)ccc2-c2ccc(-c3ccc4ccc5ccc(-c6ccc7c(c6)C(CCCCCC)(CCCCCC)c6cc(-c8ccc(N(c9ccc(-c%10ccccc%10)cc9)c9ccc(C(C)CC)cc9)cc8)ccc6-7)c6ccc3c4c56)cc21. The van der Waals surface area contributed by atoms with Gasteiger partial charge in [0.15, 0.2) is 0 Å². The lowest BCUT2D eigenvalue weighted by atomic mass is 9.70. The van der Waals surface area contributed by atoms with Crippen molar-refractivity contribution in [1.29, 1.82) is 0 Å². The molecule has 0 aliphatic heterocycles. The lowest BCUT2D eigenvalue weighted by Gasteiger charge is -2.33. The van der Waals surface area contributed by atoms with Gasteiger partial charge in [-0.2, -0.15) is 0 Å². The molecule has 1 unspecified atom stereocenters. The summed E-state index contributed by atoms with van der Waals surface area (Å²) in [6, 6.07) is 88.2. The summed E-state index contributed by atoms with van der Waals surface area (Å²) in [5, 5.41) is 8.13. The molecule has 0 spiro atoms. The van der Waals surface area contributed by atoms with Gasteiger partial charge < -0.3 is 4.90 Å². The zero-order chi connectivity index (χ0) is 65.8. The number of anilines is 3. The fourth-order valence-electron chi connectivity index (χ4n) is 17.5. The van der Waals surface area contributed by atoms with Crippen LogP contribution in [-0.2, 0) is 10.8 Å². The van der Waals surface area contributed by atoms with Gasteiger partial charge in [0.25, 0.3) is 0 Å². The smallest absolute Gasteiger partial charge is 0.0462 e. The third-order valence-corrected chi connectivity index (χ3v) is 23.0. The Morgan fingerprint density at radius 1 is 0.302 bits per heavy atom. The number of benzene rings is 12. The molecule has 1 atom stereocenters. The molecule has 0 radical (unpaired) electrons. The van der Waals surface area contributed by atoms with E-state index in [4.69, 9.17) is 0 Å². The van der Waals surface area contributed by atoms with Crippen LogP contribution in [0, 0.1) is 6.92 Å². The highest BCUT2D eigenvalue weighted by Gasteiger charge is 2.44. The van der Waals surface area contributed by atoms with Crippen molar-refractivity contribution >= 4 is 49.4 Å². The van der Waals surface area contributed by atoms with Crippen LogP contribution in [0.25, 0.3) is 99.1 Å². The summed E-state index contributed by atoms with van der Waals surface area (Å²) in [4.78, 5) is 2.43. The molecule has 1 nitrogen and oxygen atoms in total. The maximum absolute atomic E-state index is 2.68. The molecule has 1 heteroatoms. The molecular formula is C95H101N. The molecule has 486 valence electrons. The minimum Gasteiger partial charge on any atom is -0.311 e. The van der Waals surface area contributed by atoms with E-state index < -0.39 is 0 Å². The van der Waals surface area contributed by atoms with Gasteiger partial charge in [-0.1, -0.05) is 320 Å². The van der Waals surface area contributed by atoms with Gasteiger partial charge in [0, 0.05) is 27.9 Å². The molecule has 0 fully saturated rings. The minimum absolute atomic E-state index is 0.0315. The maximum Gasteiger partial charge on any atom is 0.0462 e. The van der Waals surface area contributed by atoms with E-state index in [-0.39, 0.29) is 10.8 Å². The summed E-state index contributed by atoms with van der Waals surface area (Å²) in [5.41, 5.74) is 28.5. The molecule has 0 N–H and O–H groups in total. The van der Waals surface area contributed by atoms with Crippen molar-refractivity contribution < 1.29 is 0 Å². The van der Waals surface area contributed by atoms with Crippen LogP contribution in [0.3, 0.4) is 0 Å². The molecule has 2 aliphatic rings. The summed E-state index contributed by atoms with van der Waals surface area (Å²) in [5.74, 6) is 0.516. The van der Waals surface area contributed by atoms with Gasteiger partial charge in [0.1, 0.15) is 0 Å². The van der Waals surface area contributed by atoms with Crippen LogP contribution in [0.4, 0.5) is 17.1 Å². The van der Waals surface area contributed by atoms with Crippen LogP contribution in [0.5, 0.6) is 0 Å². The summed E-state index contributed by atoms with van der Waals surface area (Å²) < 4.78 is 0. The summed E-state index contributed by atoms with van der Waals surface area (Å²) in [6.45, 7) is 16.3. The fourth-order valence-corrected chi connectivity index (χ4v) is 17.5. The molecule has 0 saturated heterocycles. The second kappa shape index (κ2) is 28.7. The highest BCUT2D eigenvalue weighted by atomic mass is 15.1. The van der Waals surface area contributed by atoms with E-state index in [1.54, 1.807) is 11.1 Å². The van der Waals surface area contributed by atoms with Crippen molar-refractivity contribution in [2.24, 2.45) is 0 Å². The number of hydrogen-bond acceptors (Lipinski definition) is 1. The summed E-state index contributed by atoms with van der Waals surface area (Å²) in [7, 11) is 0. The minimum atomic E-state index is -0.0976. The van der Waals surface area contributed by atoms with Crippen molar-refractivity contribution in [1.82, 2.24) is 0 Å². The summed E-state index contributed by atoms with van der Waals surface area (Å²) in [6.07, 6.45) is 26.2. The van der Waals surface area contributed by atoms with E-state index in [0.717, 1.165) is 30.6 Å². The highest BCUT2D eigenvalue weighted by Crippen LogP contribution is 2.58. The molecule has 0 bridgehead atoms. The molecule has 0 heterocycles. The third-order valence-electron chi connectivity index (χ3n) is 23.0. The standard InChI is InChI=1S/C95H101N/c1-8-13-17-24-58-94(59-25-18-14-9-2)88-62-66(6)30-50-82(88)84-54-42-75(64-90(84)94)80-51-39-72-31-32-73-40-52-81(87-57-56-86(80)92(72)93(73)87)76-43-55-85-83-53-41-74(63-89(83)95(91(85)65-76,60-26-19-15-10-3)61-27-20-16-11-4)71-37-48-79(49-38-71)96(77-44-33-68(34-45-77)67(7)12-5)78-46-35-70(36-47-78)69-28-22-21-23-29-69/h21-23,28-57,62-65,67H,8-20,24-27,58-61H2,1-7H3. The van der Waals surface area contributed by atoms with Gasteiger partial charge in [-0.3, -0.25) is 0 Å². The largest absolute Gasteiger partial charge is 0.311 e. The van der Waals surface area contributed by atoms with Crippen LogP contribution in [0.15, 0.2) is 224 Å². The first-order chi connectivity index (χ1) is 47.2. The van der Waals surface area contributed by atoms with Crippen LogP contribution < -0.4 is 4.90 Å². The average molecular weight is 1260 g/mol. The van der Waals surface area contributed by atoms with E-state index in [9.17, 15) is 0 Å². The number of aryl methyl sites for hydroxylation is 1. The first-order valence-electron chi connectivity index (χ1n) is 37.6. The molecule has 12 aromatic carbocycles. The van der Waals surface area contributed by atoms with Crippen LogP contribution in [-0.4, -0.2) is 0 Å². The zero-order valence-electron chi connectivity index (χ0n) is 58.7. The van der Waals surface area contributed by atoms with Crippen molar-refractivity contribution in [2.45, 2.75) is 200 Å². The fraction of sp³-hybridized carbons (Fsp3) is 0.326. The quantitative estimate of drug-likeness (QED) is 0.0334. The van der Waals surface area contributed by atoms with E-state index in [1.165, 1.54) is 243 Å². The predicted octanol–water partition coefficient (Wildman–Crippen LogP) is 29.0. The Morgan fingerprint density at radius 2 is 0.646 bits per heavy atom. The van der Waals surface area contributed by atoms with Gasteiger partial charge in [0.05, 0.1) is 0 Å². The molecule has 2 aliphatic carbocycles. The molecular weight excluding hydrogens is 1160 g/mol. The average Bonchev–Trinajstić information content (AvgIpc) is 1.37. The first-order valence-corrected chi connectivity index (χ1v) is 37.6. The third kappa shape index (κ3) is 12.2. The van der Waals surface area contributed by atoms with Crippen LogP contribution in [0.1, 0.15) is 216 Å². The van der Waals surface area contributed by atoms with Gasteiger partial charge in [-0.05, 0) is 226 Å². The maximum atomic E-state index is 2.68. The zero-order valence-corrected chi connectivity index (χ0v) is 58.7. The Morgan fingerprint density at radius 3 is 1.07 bits per heavy atom. The van der Waals surface area contributed by atoms with E-state index in [1.807, 2.05) is 0 Å². The summed E-state index contributed by atoms with van der Waals surface area (Å²) >= 11 is 0. The molecule has 14 rings (SSSR count). The highest BCUT2D eigenvalue weighted by molar-refractivity contribution is 6.27. The second-order valence-electron chi connectivity index (χ2n) is 29.1. The van der Waals surface area contributed by atoms with Gasteiger partial charge >= 0.3 is 0 Å². The van der Waals surface area contributed by atoms with Gasteiger partial charge in [0.2, 0.25) is 0 Å². The first kappa shape index (κ1) is 64.8. The molecule has 96 heavy (non-hydrogen) atoms. The number of hydrogen-bond donors (Lipinski definition) is 0. The van der Waals surface area contributed by atoms with Crippen molar-refractivity contribution in [3.05, 3.63) is 258 Å².